The molecule has 0 aliphatic carbocycles. The minimum atomic E-state index is 0.0235. The Bertz CT molecular complexity index is 629. The Kier molecular flexibility index (Phi) is 3.31. The van der Waals surface area contributed by atoms with Crippen LogP contribution in [0.5, 0.6) is 0 Å². The zero-order valence-electron chi connectivity index (χ0n) is 10.8. The summed E-state index contributed by atoms with van der Waals surface area (Å²) in [6, 6.07) is 5.71. The Morgan fingerprint density at radius 2 is 2.05 bits per heavy atom. The van der Waals surface area contributed by atoms with Gasteiger partial charge in [0.1, 0.15) is 0 Å². The van der Waals surface area contributed by atoms with Gasteiger partial charge in [0.25, 0.3) is 5.56 Å². The summed E-state index contributed by atoms with van der Waals surface area (Å²) in [5.74, 6) is 0. The van der Waals surface area contributed by atoms with Gasteiger partial charge in [-0.2, -0.15) is 0 Å². The van der Waals surface area contributed by atoms with Crippen molar-refractivity contribution in [2.45, 2.75) is 25.6 Å². The van der Waals surface area contributed by atoms with Gasteiger partial charge in [-0.15, -0.1) is 0 Å². The lowest BCUT2D eigenvalue weighted by Crippen LogP contribution is -2.42. The number of pyridine rings is 2. The van der Waals surface area contributed by atoms with Gasteiger partial charge >= 0.3 is 0 Å². The fraction of sp³-hybridized carbons (Fsp3) is 0.429. The van der Waals surface area contributed by atoms with Gasteiger partial charge in [0.05, 0.1) is 18.4 Å². The molecular weight excluding hydrogens is 240 g/mol. The minimum absolute atomic E-state index is 0.0235. The highest BCUT2D eigenvalue weighted by atomic mass is 16.1. The van der Waals surface area contributed by atoms with Crippen LogP contribution in [0.25, 0.3) is 10.9 Å². The monoisotopic (exact) mass is 258 g/mol. The van der Waals surface area contributed by atoms with E-state index in [0.717, 1.165) is 36.8 Å². The second-order valence-corrected chi connectivity index (χ2v) is 5.13. The molecular formula is C14H18N4O. The second-order valence-electron chi connectivity index (χ2n) is 5.13. The molecule has 0 bridgehead atoms. The third-order valence-electron chi connectivity index (χ3n) is 3.77. The number of hydrogen-bond donors (Lipinski definition) is 1. The predicted octanol–water partition coefficient (Wildman–Crippen LogP) is 0.777. The first-order valence-corrected chi connectivity index (χ1v) is 6.65. The molecule has 0 saturated carbocycles. The van der Waals surface area contributed by atoms with Gasteiger partial charge in [-0.25, -0.2) is 0 Å². The molecule has 3 rings (SSSR count). The van der Waals surface area contributed by atoms with Crippen LogP contribution in [-0.2, 0) is 6.67 Å². The van der Waals surface area contributed by atoms with E-state index in [1.54, 1.807) is 23.0 Å². The average Bonchev–Trinajstić information content (AvgIpc) is 2.44. The molecule has 2 N–H and O–H groups in total. The van der Waals surface area contributed by atoms with E-state index >= 15 is 0 Å². The summed E-state index contributed by atoms with van der Waals surface area (Å²) in [5, 5.41) is 1.04. The van der Waals surface area contributed by atoms with Crippen LogP contribution >= 0.6 is 0 Å². The number of piperidine rings is 1. The molecule has 0 aromatic carbocycles. The van der Waals surface area contributed by atoms with Crippen LogP contribution in [0.4, 0.5) is 0 Å². The summed E-state index contributed by atoms with van der Waals surface area (Å²) < 4.78 is 1.79. The summed E-state index contributed by atoms with van der Waals surface area (Å²) in [6.45, 7) is 2.52. The van der Waals surface area contributed by atoms with Crippen molar-refractivity contribution >= 4 is 10.9 Å². The van der Waals surface area contributed by atoms with Crippen LogP contribution in [0.15, 0.2) is 35.4 Å². The van der Waals surface area contributed by atoms with Crippen molar-refractivity contribution < 1.29 is 0 Å². The first-order chi connectivity index (χ1) is 9.24. The summed E-state index contributed by atoms with van der Waals surface area (Å²) in [7, 11) is 0. The van der Waals surface area contributed by atoms with Crippen molar-refractivity contribution in [2.24, 2.45) is 5.73 Å². The number of aromatic nitrogens is 2. The molecule has 1 aliphatic heterocycles. The average molecular weight is 258 g/mol. The highest BCUT2D eigenvalue weighted by Crippen LogP contribution is 2.13. The van der Waals surface area contributed by atoms with Crippen molar-refractivity contribution in [1.82, 2.24) is 14.5 Å². The molecule has 2 aromatic rings. The maximum absolute atomic E-state index is 12.1. The van der Waals surface area contributed by atoms with Gasteiger partial charge in [0, 0.05) is 36.8 Å². The molecule has 5 heteroatoms. The molecule has 0 spiro atoms. The van der Waals surface area contributed by atoms with E-state index < -0.39 is 0 Å². The highest BCUT2D eigenvalue weighted by Gasteiger charge is 2.17. The first kappa shape index (κ1) is 12.3. The van der Waals surface area contributed by atoms with Crippen molar-refractivity contribution in [3.8, 4) is 0 Å². The molecule has 0 unspecified atom stereocenters. The third kappa shape index (κ3) is 2.52. The van der Waals surface area contributed by atoms with Crippen LogP contribution in [0.2, 0.25) is 0 Å². The van der Waals surface area contributed by atoms with Gasteiger partial charge < -0.3 is 5.73 Å². The van der Waals surface area contributed by atoms with Gasteiger partial charge in [0.15, 0.2) is 0 Å². The first-order valence-electron chi connectivity index (χ1n) is 6.65. The standard InChI is InChI=1S/C14H18N4O/c15-12-4-7-17(8-5-12)10-18-13-9-16-6-3-11(13)1-2-14(18)19/h1-3,6,9,12H,4-5,7-8,10,15H2. The third-order valence-corrected chi connectivity index (χ3v) is 3.77. The number of nitrogens with two attached hydrogens (primary N) is 1. The van der Waals surface area contributed by atoms with E-state index in [9.17, 15) is 4.79 Å². The lowest BCUT2D eigenvalue weighted by atomic mass is 10.1. The molecule has 5 nitrogen and oxygen atoms in total. The van der Waals surface area contributed by atoms with Gasteiger partial charge in [-0.05, 0) is 25.0 Å². The second kappa shape index (κ2) is 5.11. The number of fused-ring (bicyclic) bond motifs is 1. The number of likely N-dealkylation sites (tertiary alicyclic amines) is 1. The Balaban J connectivity index is 1.92. The zero-order valence-corrected chi connectivity index (χ0v) is 10.8. The van der Waals surface area contributed by atoms with Crippen LogP contribution in [0.1, 0.15) is 12.8 Å². The van der Waals surface area contributed by atoms with E-state index in [4.69, 9.17) is 5.73 Å². The van der Waals surface area contributed by atoms with Crippen molar-refractivity contribution in [3.63, 3.8) is 0 Å². The Hall–Kier alpha value is -1.72. The zero-order chi connectivity index (χ0) is 13.2. The number of rotatable bonds is 2. The van der Waals surface area contributed by atoms with Crippen LogP contribution in [0, 0.1) is 0 Å². The van der Waals surface area contributed by atoms with Crippen molar-refractivity contribution in [3.05, 3.63) is 40.9 Å². The summed E-state index contributed by atoms with van der Waals surface area (Å²) in [5.41, 5.74) is 6.82. The van der Waals surface area contributed by atoms with E-state index in [1.807, 2.05) is 12.1 Å². The van der Waals surface area contributed by atoms with Gasteiger partial charge in [-0.3, -0.25) is 19.2 Å². The van der Waals surface area contributed by atoms with Gasteiger partial charge in [-0.1, -0.05) is 0 Å². The molecule has 19 heavy (non-hydrogen) atoms. The lowest BCUT2D eigenvalue weighted by molar-refractivity contribution is 0.171. The lowest BCUT2D eigenvalue weighted by Gasteiger charge is -2.30. The maximum atomic E-state index is 12.1. The van der Waals surface area contributed by atoms with Crippen molar-refractivity contribution in [2.75, 3.05) is 13.1 Å². The SMILES string of the molecule is NC1CCN(Cn2c(=O)ccc3ccncc32)CC1. The largest absolute Gasteiger partial charge is 0.328 e. The topological polar surface area (TPSA) is 64.2 Å². The number of hydrogen-bond acceptors (Lipinski definition) is 4. The van der Waals surface area contributed by atoms with Gasteiger partial charge in [0.2, 0.25) is 0 Å². The minimum Gasteiger partial charge on any atom is -0.328 e. The fourth-order valence-electron chi connectivity index (χ4n) is 2.57. The predicted molar refractivity (Wildman–Crippen MR) is 74.8 cm³/mol. The maximum Gasteiger partial charge on any atom is 0.252 e. The molecule has 0 radical (unpaired) electrons. The molecule has 0 atom stereocenters. The molecule has 1 fully saturated rings. The van der Waals surface area contributed by atoms with E-state index in [-0.39, 0.29) is 5.56 Å². The van der Waals surface area contributed by atoms with Crippen LogP contribution in [-0.4, -0.2) is 33.6 Å². The van der Waals surface area contributed by atoms with E-state index in [0.29, 0.717) is 12.7 Å². The molecule has 3 heterocycles. The molecule has 100 valence electrons. The Morgan fingerprint density at radius 1 is 1.26 bits per heavy atom. The Labute approximate surface area is 111 Å². The Morgan fingerprint density at radius 3 is 2.84 bits per heavy atom. The van der Waals surface area contributed by atoms with E-state index in [2.05, 4.69) is 9.88 Å². The fourth-order valence-corrected chi connectivity index (χ4v) is 2.57. The highest BCUT2D eigenvalue weighted by molar-refractivity contribution is 5.77. The summed E-state index contributed by atoms with van der Waals surface area (Å²) in [4.78, 5) is 18.5. The molecule has 2 aromatic heterocycles. The molecule has 0 amide bonds. The van der Waals surface area contributed by atoms with E-state index in [1.165, 1.54) is 0 Å². The van der Waals surface area contributed by atoms with Crippen LogP contribution in [0.3, 0.4) is 0 Å². The van der Waals surface area contributed by atoms with Crippen LogP contribution < -0.4 is 11.3 Å². The summed E-state index contributed by atoms with van der Waals surface area (Å²) in [6.07, 6.45) is 5.50. The molecule has 1 aliphatic rings. The smallest absolute Gasteiger partial charge is 0.252 e. The summed E-state index contributed by atoms with van der Waals surface area (Å²) >= 11 is 0. The number of nitrogens with zero attached hydrogens (tertiary/aromatic N) is 3. The molecule has 1 saturated heterocycles. The quantitative estimate of drug-likeness (QED) is 0.864. The normalized spacial score (nSPS) is 17.9. The van der Waals surface area contributed by atoms with Crippen molar-refractivity contribution in [1.29, 1.82) is 0 Å².